The van der Waals surface area contributed by atoms with Gasteiger partial charge in [0.15, 0.2) is 28.0 Å². The first-order chi connectivity index (χ1) is 6.00. The van der Waals surface area contributed by atoms with Crippen LogP contribution in [0.25, 0.3) is 0 Å². The SMILES string of the molecule is O=S(=O)([O-])Cl.O=S(=O)([O-])Cl.O=S(=O)([O-])Cl.[Fe+3]. The van der Waals surface area contributed by atoms with Crippen LogP contribution in [0.4, 0.5) is 0 Å². The molecule has 0 rings (SSSR count). The van der Waals surface area contributed by atoms with Crippen LogP contribution in [0.15, 0.2) is 0 Å². The van der Waals surface area contributed by atoms with E-state index in [4.69, 9.17) is 38.9 Å². The molecule has 101 valence electrons. The van der Waals surface area contributed by atoms with E-state index in [0.29, 0.717) is 0 Å². The van der Waals surface area contributed by atoms with E-state index in [9.17, 15) is 0 Å². The van der Waals surface area contributed by atoms with E-state index < -0.39 is 28.0 Å². The van der Waals surface area contributed by atoms with Crippen molar-refractivity contribution in [2.75, 3.05) is 0 Å². The maximum Gasteiger partial charge on any atom is 3.00 e. The molecule has 0 aromatic rings. The van der Waals surface area contributed by atoms with Crippen LogP contribution in [-0.4, -0.2) is 38.9 Å². The maximum absolute atomic E-state index is 8.84. The molecule has 0 aliphatic rings. The van der Waals surface area contributed by atoms with Gasteiger partial charge in [0.1, 0.15) is 0 Å². The Bertz CT molecular complexity index is 347. The molecule has 0 heterocycles. The topological polar surface area (TPSA) is 172 Å². The standard InChI is InChI=1S/3ClHO3S.Fe/c3*1-5(2,3)4;/h3*(H,2,3,4);/q;;;+3/p-3. The van der Waals surface area contributed by atoms with Gasteiger partial charge < -0.3 is 13.7 Å². The number of halogens is 3. The molecule has 0 fully saturated rings. The summed E-state index contributed by atoms with van der Waals surface area (Å²) in [5.74, 6) is 0. The van der Waals surface area contributed by atoms with Gasteiger partial charge in [-0.15, -0.1) is 0 Å². The quantitative estimate of drug-likeness (QED) is 0.281. The summed E-state index contributed by atoms with van der Waals surface area (Å²) in [7, 11) is -1.49. The van der Waals surface area contributed by atoms with Gasteiger partial charge in [-0.3, -0.25) is 0 Å². The van der Waals surface area contributed by atoms with Crippen LogP contribution in [0, 0.1) is 0 Å². The molecular weight excluding hydrogens is 402 g/mol. The zero-order valence-electron chi connectivity index (χ0n) is 6.39. The second kappa shape index (κ2) is 10.1. The zero-order valence-corrected chi connectivity index (χ0v) is 12.2. The van der Waals surface area contributed by atoms with Crippen molar-refractivity contribution >= 4 is 60.0 Å². The Morgan fingerprint density at radius 3 is 0.562 bits per heavy atom. The molecule has 0 amide bonds. The molecule has 16 heavy (non-hydrogen) atoms. The van der Waals surface area contributed by atoms with Crippen LogP contribution >= 0.6 is 32.0 Å². The number of hydrogen-bond donors (Lipinski definition) is 0. The Morgan fingerprint density at radius 1 is 0.562 bits per heavy atom. The molecule has 0 aromatic carbocycles. The van der Waals surface area contributed by atoms with Gasteiger partial charge in [0.05, 0.1) is 0 Å². The molecule has 0 aromatic heterocycles. The molecule has 0 saturated heterocycles. The minimum Gasteiger partial charge on any atom is -0.735 e. The first-order valence-corrected chi connectivity index (χ1v) is 8.67. The van der Waals surface area contributed by atoms with Crippen molar-refractivity contribution in [1.82, 2.24) is 0 Å². The van der Waals surface area contributed by atoms with Crippen molar-refractivity contribution in [3.63, 3.8) is 0 Å². The van der Waals surface area contributed by atoms with Gasteiger partial charge in [-0.05, 0) is 0 Å². The Morgan fingerprint density at radius 2 is 0.562 bits per heavy atom. The molecule has 0 aliphatic heterocycles. The molecule has 0 saturated carbocycles. The Kier molecular flexibility index (Phi) is 16.3. The molecule has 16 heteroatoms. The van der Waals surface area contributed by atoms with Gasteiger partial charge in [0.2, 0.25) is 0 Å². The van der Waals surface area contributed by atoms with E-state index in [1.807, 2.05) is 0 Å². The first-order valence-electron chi connectivity index (χ1n) is 1.96. The van der Waals surface area contributed by atoms with Crippen molar-refractivity contribution in [3.05, 3.63) is 0 Å². The molecule has 0 bridgehead atoms. The van der Waals surface area contributed by atoms with E-state index in [2.05, 4.69) is 32.0 Å². The van der Waals surface area contributed by atoms with Crippen LogP contribution < -0.4 is 0 Å². The Balaban J connectivity index is -0.0000000655. The van der Waals surface area contributed by atoms with Crippen LogP contribution in [-0.2, 0) is 45.1 Å². The van der Waals surface area contributed by atoms with Gasteiger partial charge in [0, 0.05) is 32.0 Å². The van der Waals surface area contributed by atoms with Crippen LogP contribution in [0.5, 0.6) is 0 Å². The molecule has 0 aliphatic carbocycles. The maximum atomic E-state index is 8.84. The summed E-state index contributed by atoms with van der Waals surface area (Å²) in [6.45, 7) is 0. The number of rotatable bonds is 0. The molecule has 0 spiro atoms. The average Bonchev–Trinajstić information content (AvgIpc) is 1.41. The van der Waals surface area contributed by atoms with Crippen molar-refractivity contribution in [3.8, 4) is 0 Å². The third-order valence-electron chi connectivity index (χ3n) is 0. The summed E-state index contributed by atoms with van der Waals surface area (Å²) < 4.78 is 79.6. The summed E-state index contributed by atoms with van der Waals surface area (Å²) in [5, 5.41) is 0. The van der Waals surface area contributed by atoms with Crippen LogP contribution in [0.3, 0.4) is 0 Å². The van der Waals surface area contributed by atoms with Crippen molar-refractivity contribution in [1.29, 1.82) is 0 Å². The smallest absolute Gasteiger partial charge is 0.735 e. The third kappa shape index (κ3) is 2410. The predicted molar refractivity (Wildman–Crippen MR) is 46.7 cm³/mol. The fraction of sp³-hybridized carbons (Fsp3) is 0. The summed E-state index contributed by atoms with van der Waals surface area (Å²) >= 11 is 0. The first kappa shape index (κ1) is 25.8. The monoisotopic (exact) mass is 401 g/mol. The molecular formula is Cl3FeO9S3. The van der Waals surface area contributed by atoms with Gasteiger partial charge in [-0.25, -0.2) is 25.3 Å². The normalized spacial score (nSPS) is 10.9. The van der Waals surface area contributed by atoms with Gasteiger partial charge >= 0.3 is 17.1 Å². The second-order valence-corrected chi connectivity index (χ2v) is 6.94. The fourth-order valence-corrected chi connectivity index (χ4v) is 0. The molecule has 0 unspecified atom stereocenters. The third-order valence-corrected chi connectivity index (χ3v) is 0. The van der Waals surface area contributed by atoms with E-state index >= 15 is 0 Å². The van der Waals surface area contributed by atoms with Crippen molar-refractivity contribution in [2.45, 2.75) is 0 Å². The van der Waals surface area contributed by atoms with Crippen LogP contribution in [0.2, 0.25) is 0 Å². The summed E-state index contributed by atoms with van der Waals surface area (Å²) in [6.07, 6.45) is 0. The summed E-state index contributed by atoms with van der Waals surface area (Å²) in [4.78, 5) is 0. The second-order valence-electron chi connectivity index (χ2n) is 1.18. The summed E-state index contributed by atoms with van der Waals surface area (Å²) in [6, 6.07) is 0. The number of hydrogen-bond acceptors (Lipinski definition) is 9. The van der Waals surface area contributed by atoms with E-state index in [1.165, 1.54) is 0 Å². The van der Waals surface area contributed by atoms with Gasteiger partial charge in [-0.2, -0.15) is 0 Å². The fourth-order valence-electron chi connectivity index (χ4n) is 0. The van der Waals surface area contributed by atoms with E-state index in [0.717, 1.165) is 0 Å². The van der Waals surface area contributed by atoms with E-state index in [-0.39, 0.29) is 17.1 Å². The Hall–Kier alpha value is 1.12. The molecule has 0 atom stereocenters. The largest absolute Gasteiger partial charge is 3.00 e. The predicted octanol–water partition coefficient (Wildman–Crippen LogP) is -0.946. The van der Waals surface area contributed by atoms with Gasteiger partial charge in [-0.1, -0.05) is 0 Å². The Labute approximate surface area is 115 Å². The summed E-state index contributed by atoms with van der Waals surface area (Å²) in [5.41, 5.74) is 0. The van der Waals surface area contributed by atoms with Crippen molar-refractivity contribution in [2.24, 2.45) is 0 Å². The minimum atomic E-state index is -4.44. The van der Waals surface area contributed by atoms with E-state index in [1.54, 1.807) is 0 Å². The van der Waals surface area contributed by atoms with Crippen LogP contribution in [0.1, 0.15) is 0 Å². The minimum absolute atomic E-state index is 0. The van der Waals surface area contributed by atoms with Gasteiger partial charge in [0.25, 0.3) is 0 Å². The molecule has 9 nitrogen and oxygen atoms in total. The average molecular weight is 402 g/mol. The molecule has 1 radical (unpaired) electrons. The zero-order chi connectivity index (χ0) is 13.5. The van der Waals surface area contributed by atoms with Crippen molar-refractivity contribution < 1.29 is 56.0 Å². The molecule has 0 N–H and O–H groups in total.